The number of furan rings is 1. The lowest BCUT2D eigenvalue weighted by Gasteiger charge is -2.18. The van der Waals surface area contributed by atoms with Crippen LogP contribution in [-0.2, 0) is 0 Å². The average molecular weight is 571 g/mol. The lowest BCUT2D eigenvalue weighted by molar-refractivity contribution is 0.670. The van der Waals surface area contributed by atoms with E-state index in [2.05, 4.69) is 158 Å². The van der Waals surface area contributed by atoms with Crippen LogP contribution in [0.3, 0.4) is 0 Å². The summed E-state index contributed by atoms with van der Waals surface area (Å²) in [6.07, 6.45) is 0. The molecule has 45 heavy (non-hydrogen) atoms. The van der Waals surface area contributed by atoms with E-state index < -0.39 is 0 Å². The molecule has 0 spiro atoms. The number of rotatable bonds is 3. The van der Waals surface area contributed by atoms with Crippen molar-refractivity contribution >= 4 is 65.0 Å². The number of fused-ring (bicyclic) bond motifs is 3. The van der Waals surface area contributed by atoms with E-state index >= 15 is 0 Å². The zero-order valence-corrected chi connectivity index (χ0v) is 24.4. The zero-order chi connectivity index (χ0) is 29.5. The van der Waals surface area contributed by atoms with Crippen LogP contribution >= 0.6 is 0 Å². The Balaban J connectivity index is 1.29. The highest BCUT2D eigenvalue weighted by molar-refractivity contribution is 6.29. The maximum atomic E-state index is 6.75. The molecular formula is C44H26O. The number of benzene rings is 9. The van der Waals surface area contributed by atoms with Crippen molar-refractivity contribution < 1.29 is 4.42 Å². The summed E-state index contributed by atoms with van der Waals surface area (Å²) in [6, 6.07) is 57.2. The summed E-state index contributed by atoms with van der Waals surface area (Å²) in [5.74, 6) is 0. The molecule has 0 unspecified atom stereocenters. The van der Waals surface area contributed by atoms with E-state index in [4.69, 9.17) is 4.42 Å². The van der Waals surface area contributed by atoms with Crippen molar-refractivity contribution in [3.63, 3.8) is 0 Å². The van der Waals surface area contributed by atoms with Gasteiger partial charge < -0.3 is 4.42 Å². The molecule has 0 amide bonds. The van der Waals surface area contributed by atoms with E-state index in [0.717, 1.165) is 16.7 Å². The van der Waals surface area contributed by atoms with Crippen molar-refractivity contribution in [2.24, 2.45) is 0 Å². The number of hydrogen-bond donors (Lipinski definition) is 0. The molecule has 1 nitrogen and oxygen atoms in total. The molecule has 10 rings (SSSR count). The largest absolute Gasteiger partial charge is 0.455 e. The molecule has 1 aromatic heterocycles. The van der Waals surface area contributed by atoms with Crippen LogP contribution in [0.1, 0.15) is 0 Å². The van der Waals surface area contributed by atoms with Gasteiger partial charge in [-0.3, -0.25) is 0 Å². The second-order valence-electron chi connectivity index (χ2n) is 12.0. The van der Waals surface area contributed by atoms with Gasteiger partial charge in [0.25, 0.3) is 0 Å². The first-order chi connectivity index (χ1) is 22.3. The lowest BCUT2D eigenvalue weighted by atomic mass is 9.84. The second kappa shape index (κ2) is 9.29. The Bertz CT molecular complexity index is 2690. The van der Waals surface area contributed by atoms with Crippen LogP contribution in [0.25, 0.3) is 98.4 Å². The van der Waals surface area contributed by atoms with Crippen molar-refractivity contribution in [3.05, 3.63) is 158 Å². The van der Waals surface area contributed by atoms with Gasteiger partial charge in [-0.25, -0.2) is 0 Å². The third-order valence-electron chi connectivity index (χ3n) is 9.61. The van der Waals surface area contributed by atoms with Crippen LogP contribution in [0.15, 0.2) is 162 Å². The Kier molecular flexibility index (Phi) is 5.06. The van der Waals surface area contributed by atoms with Crippen molar-refractivity contribution in [1.82, 2.24) is 0 Å². The van der Waals surface area contributed by atoms with E-state index in [9.17, 15) is 0 Å². The molecule has 0 atom stereocenters. The molecular weight excluding hydrogens is 544 g/mol. The third-order valence-corrected chi connectivity index (χ3v) is 9.61. The van der Waals surface area contributed by atoms with Crippen molar-refractivity contribution in [2.75, 3.05) is 0 Å². The highest BCUT2D eigenvalue weighted by atomic mass is 16.3. The normalized spacial score (nSPS) is 12.0. The first-order valence-corrected chi connectivity index (χ1v) is 15.5. The fourth-order valence-corrected chi connectivity index (χ4v) is 7.64. The van der Waals surface area contributed by atoms with Crippen molar-refractivity contribution in [3.8, 4) is 33.4 Å². The molecule has 9 aromatic carbocycles. The Labute approximate surface area is 259 Å². The minimum absolute atomic E-state index is 0.928. The van der Waals surface area contributed by atoms with Gasteiger partial charge in [-0.2, -0.15) is 0 Å². The van der Waals surface area contributed by atoms with E-state index in [-0.39, 0.29) is 0 Å². The van der Waals surface area contributed by atoms with Crippen LogP contribution in [0.5, 0.6) is 0 Å². The second-order valence-corrected chi connectivity index (χ2v) is 12.0. The van der Waals surface area contributed by atoms with E-state index in [1.54, 1.807) is 0 Å². The highest BCUT2D eigenvalue weighted by Gasteiger charge is 2.22. The monoisotopic (exact) mass is 570 g/mol. The van der Waals surface area contributed by atoms with Crippen LogP contribution in [0.4, 0.5) is 0 Å². The maximum absolute atomic E-state index is 6.75. The van der Waals surface area contributed by atoms with Gasteiger partial charge in [-0.15, -0.1) is 0 Å². The molecule has 0 bridgehead atoms. The van der Waals surface area contributed by atoms with E-state index in [1.165, 1.54) is 81.7 Å². The predicted molar refractivity (Wildman–Crippen MR) is 191 cm³/mol. The molecule has 10 aromatic rings. The van der Waals surface area contributed by atoms with Crippen LogP contribution in [0, 0.1) is 0 Å². The Morgan fingerprint density at radius 2 is 0.933 bits per heavy atom. The molecule has 1 heteroatoms. The fourth-order valence-electron chi connectivity index (χ4n) is 7.64. The van der Waals surface area contributed by atoms with Crippen LogP contribution in [0.2, 0.25) is 0 Å². The maximum Gasteiger partial charge on any atom is 0.143 e. The predicted octanol–water partition coefficient (Wildman–Crippen LogP) is 12.6. The van der Waals surface area contributed by atoms with E-state index in [0.29, 0.717) is 0 Å². The standard InChI is InChI=1S/C44H26O/c1-2-11-28(12-3-1)40-33-14-6-8-16-35(33)42(36-17-9-7-15-34(36)40)37-24-25-39-43-38(37)23-21-29-20-22-32(44(45-39)41(29)43)31-19-18-27-10-4-5-13-30(27)26-31/h1-26H. The molecule has 0 N–H and O–H groups in total. The summed E-state index contributed by atoms with van der Waals surface area (Å²) in [5, 5.41) is 12.3. The quantitative estimate of drug-likeness (QED) is 0.152. The van der Waals surface area contributed by atoms with Crippen LogP contribution < -0.4 is 0 Å². The summed E-state index contributed by atoms with van der Waals surface area (Å²) >= 11 is 0. The summed E-state index contributed by atoms with van der Waals surface area (Å²) in [4.78, 5) is 0. The SMILES string of the molecule is c1ccc(-c2c3ccccc3c(-c3ccc4oc5c(-c6ccc7ccccc7c6)ccc6ccc3c4c65)c3ccccc23)cc1. The fraction of sp³-hybridized carbons (Fsp3) is 0. The van der Waals surface area contributed by atoms with Crippen molar-refractivity contribution in [2.45, 2.75) is 0 Å². The zero-order valence-electron chi connectivity index (χ0n) is 24.4. The molecule has 0 fully saturated rings. The Hall–Kier alpha value is -5.92. The minimum Gasteiger partial charge on any atom is -0.455 e. The Morgan fingerprint density at radius 1 is 0.333 bits per heavy atom. The summed E-state index contributed by atoms with van der Waals surface area (Å²) in [5.41, 5.74) is 9.20. The van der Waals surface area contributed by atoms with Gasteiger partial charge in [-0.05, 0) is 95.2 Å². The van der Waals surface area contributed by atoms with Gasteiger partial charge in [-0.1, -0.05) is 133 Å². The first-order valence-electron chi connectivity index (χ1n) is 15.5. The average Bonchev–Trinajstić information content (AvgIpc) is 3.50. The molecule has 0 saturated carbocycles. The van der Waals surface area contributed by atoms with E-state index in [1.807, 2.05) is 0 Å². The number of hydrogen-bond acceptors (Lipinski definition) is 1. The van der Waals surface area contributed by atoms with Gasteiger partial charge in [0, 0.05) is 16.3 Å². The topological polar surface area (TPSA) is 13.1 Å². The van der Waals surface area contributed by atoms with Gasteiger partial charge in [0.05, 0.1) is 0 Å². The lowest BCUT2D eigenvalue weighted by Crippen LogP contribution is -1.91. The van der Waals surface area contributed by atoms with Gasteiger partial charge in [0.1, 0.15) is 11.2 Å². The molecule has 0 aliphatic rings. The smallest absolute Gasteiger partial charge is 0.143 e. The first kappa shape index (κ1) is 24.5. The third kappa shape index (κ3) is 3.50. The van der Waals surface area contributed by atoms with Crippen molar-refractivity contribution in [1.29, 1.82) is 0 Å². The van der Waals surface area contributed by atoms with Gasteiger partial charge >= 0.3 is 0 Å². The van der Waals surface area contributed by atoms with Gasteiger partial charge in [0.15, 0.2) is 0 Å². The molecule has 0 aliphatic heterocycles. The minimum atomic E-state index is 0.928. The van der Waals surface area contributed by atoms with Crippen LogP contribution in [-0.4, -0.2) is 0 Å². The summed E-state index contributed by atoms with van der Waals surface area (Å²) in [7, 11) is 0. The molecule has 0 radical (unpaired) electrons. The molecule has 0 saturated heterocycles. The summed E-state index contributed by atoms with van der Waals surface area (Å²) in [6.45, 7) is 0. The molecule has 1 heterocycles. The highest BCUT2D eigenvalue weighted by Crippen LogP contribution is 2.48. The molecule has 0 aliphatic carbocycles. The Morgan fingerprint density at radius 3 is 1.69 bits per heavy atom. The summed E-state index contributed by atoms with van der Waals surface area (Å²) < 4.78 is 6.75. The van der Waals surface area contributed by atoms with Gasteiger partial charge in [0.2, 0.25) is 0 Å². The molecule has 208 valence electrons.